The first-order chi connectivity index (χ1) is 12.0. The molecular formula is C19H21Cl2NO3. The average Bonchev–Trinajstić information content (AvgIpc) is 3.22. The number of anilines is 1. The molecule has 0 saturated heterocycles. The summed E-state index contributed by atoms with van der Waals surface area (Å²) in [6, 6.07) is 7.60. The van der Waals surface area contributed by atoms with Crippen molar-refractivity contribution in [3.05, 3.63) is 42.0 Å². The van der Waals surface area contributed by atoms with Crippen LogP contribution < -0.4 is 5.32 Å². The molecule has 4 atom stereocenters. The number of halogens is 2. The third-order valence-corrected chi connectivity index (χ3v) is 5.67. The van der Waals surface area contributed by atoms with E-state index in [2.05, 4.69) is 5.32 Å². The Bertz CT molecular complexity index is 670. The number of aryl methyl sites for hydroxylation is 1. The van der Waals surface area contributed by atoms with Gasteiger partial charge in [-0.2, -0.15) is 0 Å². The van der Waals surface area contributed by atoms with Gasteiger partial charge in [-0.1, -0.05) is 29.8 Å². The summed E-state index contributed by atoms with van der Waals surface area (Å²) in [5.41, 5.74) is 1.85. The highest BCUT2D eigenvalue weighted by molar-refractivity contribution is 6.21. The third kappa shape index (κ3) is 3.85. The van der Waals surface area contributed by atoms with Crippen LogP contribution in [-0.4, -0.2) is 29.7 Å². The maximum atomic E-state index is 12.8. The van der Waals surface area contributed by atoms with Gasteiger partial charge in [-0.15, -0.1) is 23.2 Å². The van der Waals surface area contributed by atoms with E-state index in [4.69, 9.17) is 27.9 Å². The van der Waals surface area contributed by atoms with Gasteiger partial charge in [0.25, 0.3) is 0 Å². The summed E-state index contributed by atoms with van der Waals surface area (Å²) in [5.74, 6) is -1.03. The van der Waals surface area contributed by atoms with Gasteiger partial charge in [-0.3, -0.25) is 9.59 Å². The van der Waals surface area contributed by atoms with Crippen molar-refractivity contribution >= 4 is 40.8 Å². The minimum atomic E-state index is -0.528. The number of esters is 1. The molecule has 1 N–H and O–H groups in total. The summed E-state index contributed by atoms with van der Waals surface area (Å²) in [6.07, 6.45) is 4.33. The molecule has 0 heterocycles. The monoisotopic (exact) mass is 381 g/mol. The van der Waals surface area contributed by atoms with Gasteiger partial charge >= 0.3 is 5.97 Å². The number of hydrogen-bond donors (Lipinski definition) is 1. The van der Waals surface area contributed by atoms with Gasteiger partial charge in [0.1, 0.15) is 6.10 Å². The summed E-state index contributed by atoms with van der Waals surface area (Å²) in [5, 5.41) is 2.93. The van der Waals surface area contributed by atoms with Crippen molar-refractivity contribution in [3.63, 3.8) is 0 Å². The molecule has 1 aromatic carbocycles. The number of allylic oxidation sites excluding steroid dienone is 2. The summed E-state index contributed by atoms with van der Waals surface area (Å²) in [7, 11) is 0. The van der Waals surface area contributed by atoms with Gasteiger partial charge in [-0.25, -0.2) is 0 Å². The first-order valence-corrected chi connectivity index (χ1v) is 9.48. The van der Waals surface area contributed by atoms with Crippen LogP contribution in [0.1, 0.15) is 12.0 Å². The Labute approximate surface area is 157 Å². The van der Waals surface area contributed by atoms with Crippen LogP contribution in [0.15, 0.2) is 36.4 Å². The van der Waals surface area contributed by atoms with Gasteiger partial charge in [0.2, 0.25) is 5.91 Å². The molecule has 2 bridgehead atoms. The maximum absolute atomic E-state index is 12.8. The van der Waals surface area contributed by atoms with E-state index < -0.39 is 17.9 Å². The molecule has 0 aliphatic heterocycles. The lowest BCUT2D eigenvalue weighted by molar-refractivity contribution is -0.156. The number of carbonyl (C=O) groups is 2. The van der Waals surface area contributed by atoms with Crippen LogP contribution in [0.5, 0.6) is 0 Å². The van der Waals surface area contributed by atoms with Crippen LogP contribution >= 0.6 is 23.2 Å². The highest BCUT2D eigenvalue weighted by Gasteiger charge is 2.52. The SMILES string of the molecule is Cc1ccc(NC(=O)C2C3C=CC(C3)C2C(=O)OC(CCl)CCl)cc1. The normalized spacial score (nSPS) is 26.9. The number of alkyl halides is 2. The summed E-state index contributed by atoms with van der Waals surface area (Å²) < 4.78 is 5.42. The molecule has 25 heavy (non-hydrogen) atoms. The lowest BCUT2D eigenvalue weighted by atomic mass is 9.82. The van der Waals surface area contributed by atoms with Crippen LogP contribution in [0.4, 0.5) is 5.69 Å². The Morgan fingerprint density at radius 1 is 1.12 bits per heavy atom. The minimum Gasteiger partial charge on any atom is -0.460 e. The first-order valence-electron chi connectivity index (χ1n) is 8.41. The van der Waals surface area contributed by atoms with Crippen molar-refractivity contribution in [3.8, 4) is 0 Å². The number of carbonyl (C=O) groups excluding carboxylic acids is 2. The van der Waals surface area contributed by atoms with E-state index in [1.165, 1.54) is 0 Å². The molecule has 0 aromatic heterocycles. The molecule has 3 rings (SSSR count). The van der Waals surface area contributed by atoms with Crippen LogP contribution in [0.2, 0.25) is 0 Å². The van der Waals surface area contributed by atoms with Crippen LogP contribution in [0, 0.1) is 30.6 Å². The second-order valence-corrected chi connectivity index (χ2v) is 7.34. The number of amides is 1. The van der Waals surface area contributed by atoms with E-state index in [0.717, 1.165) is 17.7 Å². The Balaban J connectivity index is 1.73. The molecule has 4 unspecified atom stereocenters. The molecule has 2 aliphatic carbocycles. The van der Waals surface area contributed by atoms with E-state index in [-0.39, 0.29) is 35.5 Å². The van der Waals surface area contributed by atoms with E-state index in [9.17, 15) is 9.59 Å². The van der Waals surface area contributed by atoms with Crippen molar-refractivity contribution < 1.29 is 14.3 Å². The fourth-order valence-corrected chi connectivity index (χ4v) is 4.17. The van der Waals surface area contributed by atoms with E-state index in [1.807, 2.05) is 43.3 Å². The fraction of sp³-hybridized carbons (Fsp3) is 0.474. The second kappa shape index (κ2) is 7.79. The zero-order chi connectivity index (χ0) is 18.0. The zero-order valence-corrected chi connectivity index (χ0v) is 15.5. The Hall–Kier alpha value is -1.52. The quantitative estimate of drug-likeness (QED) is 0.463. The molecule has 1 aromatic rings. The largest absolute Gasteiger partial charge is 0.460 e. The van der Waals surface area contributed by atoms with Crippen LogP contribution in [-0.2, 0) is 14.3 Å². The average molecular weight is 382 g/mol. The van der Waals surface area contributed by atoms with E-state index in [0.29, 0.717) is 0 Å². The topological polar surface area (TPSA) is 55.4 Å². The van der Waals surface area contributed by atoms with E-state index >= 15 is 0 Å². The molecular weight excluding hydrogens is 361 g/mol. The standard InChI is InChI=1S/C19H21Cl2NO3/c1-11-2-6-14(7-3-11)22-18(23)16-12-4-5-13(8-12)17(16)19(24)25-15(9-20)10-21/h2-7,12-13,15-17H,8-10H2,1H3,(H,22,23). The minimum absolute atomic E-state index is 0.0394. The Morgan fingerprint density at radius 3 is 2.32 bits per heavy atom. The van der Waals surface area contributed by atoms with Crippen molar-refractivity contribution in [1.29, 1.82) is 0 Å². The molecule has 1 amide bonds. The van der Waals surface area contributed by atoms with Gasteiger partial charge in [-0.05, 0) is 37.3 Å². The predicted molar refractivity (Wildman–Crippen MR) is 98.8 cm³/mol. The summed E-state index contributed by atoms with van der Waals surface area (Å²) >= 11 is 11.5. The van der Waals surface area contributed by atoms with Crippen LogP contribution in [0.3, 0.4) is 0 Å². The molecule has 1 fully saturated rings. The van der Waals surface area contributed by atoms with Crippen molar-refractivity contribution in [2.75, 3.05) is 17.1 Å². The smallest absolute Gasteiger partial charge is 0.310 e. The number of ether oxygens (including phenoxy) is 1. The number of fused-ring (bicyclic) bond motifs is 2. The number of nitrogens with one attached hydrogen (secondary N) is 1. The lowest BCUT2D eigenvalue weighted by Gasteiger charge is -2.27. The molecule has 0 radical (unpaired) electrons. The molecule has 4 nitrogen and oxygen atoms in total. The van der Waals surface area contributed by atoms with E-state index in [1.54, 1.807) is 0 Å². The zero-order valence-electron chi connectivity index (χ0n) is 14.0. The van der Waals surface area contributed by atoms with Gasteiger partial charge in [0, 0.05) is 5.69 Å². The number of rotatable bonds is 6. The van der Waals surface area contributed by atoms with Gasteiger partial charge in [0.15, 0.2) is 0 Å². The van der Waals surface area contributed by atoms with Gasteiger partial charge in [0.05, 0.1) is 23.6 Å². The molecule has 6 heteroatoms. The maximum Gasteiger partial charge on any atom is 0.310 e. The lowest BCUT2D eigenvalue weighted by Crippen LogP contribution is -2.39. The van der Waals surface area contributed by atoms with Crippen molar-refractivity contribution in [2.45, 2.75) is 19.4 Å². The molecule has 2 aliphatic rings. The van der Waals surface area contributed by atoms with Crippen LogP contribution in [0.25, 0.3) is 0 Å². The highest BCUT2D eigenvalue weighted by Crippen LogP contribution is 2.49. The fourth-order valence-electron chi connectivity index (χ4n) is 3.71. The summed E-state index contributed by atoms with van der Waals surface area (Å²) in [6.45, 7) is 1.99. The first kappa shape index (κ1) is 18.3. The number of benzene rings is 1. The molecule has 1 saturated carbocycles. The van der Waals surface area contributed by atoms with Gasteiger partial charge < -0.3 is 10.1 Å². The number of hydrogen-bond acceptors (Lipinski definition) is 3. The van der Waals surface area contributed by atoms with Crippen molar-refractivity contribution in [1.82, 2.24) is 0 Å². The van der Waals surface area contributed by atoms with Crippen molar-refractivity contribution in [2.24, 2.45) is 23.7 Å². The predicted octanol–water partition coefficient (Wildman–Crippen LogP) is 3.76. The highest BCUT2D eigenvalue weighted by atomic mass is 35.5. The second-order valence-electron chi connectivity index (χ2n) is 6.72. The molecule has 134 valence electrons. The Kier molecular flexibility index (Phi) is 5.70. The summed E-state index contributed by atoms with van der Waals surface area (Å²) in [4.78, 5) is 25.4. The molecule has 0 spiro atoms. The third-order valence-electron chi connectivity index (χ3n) is 4.98. The Morgan fingerprint density at radius 2 is 1.72 bits per heavy atom.